The van der Waals surface area contributed by atoms with Crippen LogP contribution in [0.25, 0.3) is 11.1 Å². The van der Waals surface area contributed by atoms with E-state index in [1.54, 1.807) is 0 Å². The van der Waals surface area contributed by atoms with Crippen LogP contribution in [-0.2, 0) is 4.74 Å². The van der Waals surface area contributed by atoms with Gasteiger partial charge in [0.2, 0.25) is 0 Å². The van der Waals surface area contributed by atoms with Crippen molar-refractivity contribution in [1.29, 1.82) is 0 Å². The van der Waals surface area contributed by atoms with E-state index in [4.69, 9.17) is 4.74 Å². The molecule has 24 heavy (non-hydrogen) atoms. The van der Waals surface area contributed by atoms with Crippen LogP contribution in [0.1, 0.15) is 24.9 Å². The zero-order chi connectivity index (χ0) is 16.8. The second kappa shape index (κ2) is 8.61. The number of morpholine rings is 1. The Morgan fingerprint density at radius 2 is 1.58 bits per heavy atom. The molecule has 0 aliphatic carbocycles. The molecule has 1 heterocycles. The third kappa shape index (κ3) is 4.35. The average Bonchev–Trinajstić information content (AvgIpc) is 2.64. The summed E-state index contributed by atoms with van der Waals surface area (Å²) in [6, 6.07) is 17.9. The Morgan fingerprint density at radius 1 is 1.00 bits per heavy atom. The lowest BCUT2D eigenvalue weighted by atomic mass is 9.97. The van der Waals surface area contributed by atoms with E-state index in [1.165, 1.54) is 16.7 Å². The lowest BCUT2D eigenvalue weighted by Crippen LogP contribution is -2.38. The van der Waals surface area contributed by atoms with Gasteiger partial charge in [0.25, 0.3) is 0 Å². The summed E-state index contributed by atoms with van der Waals surface area (Å²) in [6.07, 6.45) is 5.46. The number of hydrogen-bond acceptors (Lipinski definition) is 2. The van der Waals surface area contributed by atoms with E-state index in [2.05, 4.69) is 88.4 Å². The van der Waals surface area contributed by atoms with Crippen LogP contribution in [0.2, 0.25) is 0 Å². The molecule has 3 heteroatoms. The molecule has 126 valence electrons. The van der Waals surface area contributed by atoms with Gasteiger partial charge in [0.05, 0.1) is 13.2 Å². The maximum Gasteiger partial charge on any atom is 0.0594 e. The van der Waals surface area contributed by atoms with Gasteiger partial charge < -0.3 is 4.74 Å². The van der Waals surface area contributed by atoms with Gasteiger partial charge in [0, 0.05) is 23.6 Å². The molecule has 0 spiro atoms. The first-order chi connectivity index (χ1) is 11.8. The fourth-order valence-corrected chi connectivity index (χ4v) is 3.45. The van der Waals surface area contributed by atoms with Gasteiger partial charge in [-0.2, -0.15) is 0 Å². The van der Waals surface area contributed by atoms with E-state index in [-0.39, 0.29) is 0 Å². The molecule has 0 N–H and O–H groups in total. The molecule has 0 radical (unpaired) electrons. The minimum atomic E-state index is 0.434. The average molecular weight is 386 g/mol. The number of hydrogen-bond donors (Lipinski definition) is 0. The second-order valence-corrected chi connectivity index (χ2v) is 7.01. The van der Waals surface area contributed by atoms with Gasteiger partial charge in [-0.05, 0) is 42.2 Å². The van der Waals surface area contributed by atoms with Crippen molar-refractivity contribution < 1.29 is 4.74 Å². The van der Waals surface area contributed by atoms with Gasteiger partial charge in [-0.25, -0.2) is 0 Å². The molecular formula is C21H24BrNO. The Bertz CT molecular complexity index is 657. The number of ether oxygens (including phenoxy) is 1. The van der Waals surface area contributed by atoms with Gasteiger partial charge in [-0.1, -0.05) is 64.5 Å². The first kappa shape index (κ1) is 17.4. The SMILES string of the molecule is C/C=C/CC(c1ccc(-c2ccc(Br)cc2)cc1)N1CCOCC1. The lowest BCUT2D eigenvalue weighted by Gasteiger charge is -2.34. The number of allylic oxidation sites excluding steroid dienone is 1. The summed E-state index contributed by atoms with van der Waals surface area (Å²) < 4.78 is 6.63. The number of rotatable bonds is 5. The maximum absolute atomic E-state index is 5.51. The smallest absolute Gasteiger partial charge is 0.0594 e. The monoisotopic (exact) mass is 385 g/mol. The molecule has 1 saturated heterocycles. The van der Waals surface area contributed by atoms with E-state index >= 15 is 0 Å². The topological polar surface area (TPSA) is 12.5 Å². The van der Waals surface area contributed by atoms with Gasteiger partial charge in [0.15, 0.2) is 0 Å². The van der Waals surface area contributed by atoms with Crippen molar-refractivity contribution in [3.63, 3.8) is 0 Å². The summed E-state index contributed by atoms with van der Waals surface area (Å²) in [5, 5.41) is 0. The Balaban J connectivity index is 1.81. The van der Waals surface area contributed by atoms with Gasteiger partial charge in [-0.15, -0.1) is 0 Å². The van der Waals surface area contributed by atoms with Crippen molar-refractivity contribution in [2.24, 2.45) is 0 Å². The molecule has 0 amide bonds. The molecule has 1 aliphatic rings. The van der Waals surface area contributed by atoms with Crippen LogP contribution in [0.3, 0.4) is 0 Å². The van der Waals surface area contributed by atoms with Crippen LogP contribution in [-0.4, -0.2) is 31.2 Å². The third-order valence-corrected chi connectivity index (χ3v) is 5.08. The summed E-state index contributed by atoms with van der Waals surface area (Å²) in [5.74, 6) is 0. The van der Waals surface area contributed by atoms with Crippen LogP contribution in [0.5, 0.6) is 0 Å². The van der Waals surface area contributed by atoms with Crippen LogP contribution < -0.4 is 0 Å². The second-order valence-electron chi connectivity index (χ2n) is 6.10. The first-order valence-electron chi connectivity index (χ1n) is 8.57. The molecule has 1 fully saturated rings. The van der Waals surface area contributed by atoms with E-state index in [0.717, 1.165) is 37.2 Å². The van der Waals surface area contributed by atoms with Gasteiger partial charge >= 0.3 is 0 Å². The summed E-state index contributed by atoms with van der Waals surface area (Å²) in [6.45, 7) is 5.78. The van der Waals surface area contributed by atoms with Crippen molar-refractivity contribution in [2.75, 3.05) is 26.3 Å². The van der Waals surface area contributed by atoms with Crippen LogP contribution in [0, 0.1) is 0 Å². The summed E-state index contributed by atoms with van der Waals surface area (Å²) in [5.41, 5.74) is 3.90. The molecular weight excluding hydrogens is 362 g/mol. The molecule has 2 aromatic carbocycles. The van der Waals surface area contributed by atoms with E-state index in [0.29, 0.717) is 6.04 Å². The minimum absolute atomic E-state index is 0.434. The van der Waals surface area contributed by atoms with E-state index < -0.39 is 0 Å². The highest BCUT2D eigenvalue weighted by atomic mass is 79.9. The number of benzene rings is 2. The fraction of sp³-hybridized carbons (Fsp3) is 0.333. The van der Waals surface area contributed by atoms with Crippen LogP contribution >= 0.6 is 15.9 Å². The van der Waals surface area contributed by atoms with Gasteiger partial charge in [-0.3, -0.25) is 4.90 Å². The Kier molecular flexibility index (Phi) is 6.24. The fourth-order valence-electron chi connectivity index (χ4n) is 3.19. The van der Waals surface area contributed by atoms with Gasteiger partial charge in [0.1, 0.15) is 0 Å². The van der Waals surface area contributed by atoms with Crippen LogP contribution in [0.4, 0.5) is 0 Å². The predicted molar refractivity (Wildman–Crippen MR) is 104 cm³/mol. The standard InChI is InChI=1S/C21H24BrNO/c1-2-3-4-21(23-13-15-24-16-14-23)19-7-5-17(6-8-19)18-9-11-20(22)12-10-18/h2-3,5-12,21H,4,13-16H2,1H3/b3-2+. The summed E-state index contributed by atoms with van der Waals surface area (Å²) in [7, 11) is 0. The van der Waals surface area contributed by atoms with Crippen molar-refractivity contribution in [2.45, 2.75) is 19.4 Å². The number of nitrogens with zero attached hydrogens (tertiary/aromatic N) is 1. The summed E-state index contributed by atoms with van der Waals surface area (Å²) >= 11 is 3.49. The third-order valence-electron chi connectivity index (χ3n) is 4.55. The Labute approximate surface area is 153 Å². The van der Waals surface area contributed by atoms with E-state index in [1.807, 2.05) is 0 Å². The highest BCUT2D eigenvalue weighted by molar-refractivity contribution is 9.10. The molecule has 2 aromatic rings. The molecule has 0 saturated carbocycles. The van der Waals surface area contributed by atoms with Crippen molar-refractivity contribution in [1.82, 2.24) is 4.90 Å². The zero-order valence-corrected chi connectivity index (χ0v) is 15.7. The Morgan fingerprint density at radius 3 is 2.17 bits per heavy atom. The Hall–Kier alpha value is -1.42. The minimum Gasteiger partial charge on any atom is -0.379 e. The first-order valence-corrected chi connectivity index (χ1v) is 9.36. The van der Waals surface area contributed by atoms with E-state index in [9.17, 15) is 0 Å². The molecule has 0 bridgehead atoms. The largest absolute Gasteiger partial charge is 0.379 e. The molecule has 1 atom stereocenters. The molecule has 3 rings (SSSR count). The number of halogens is 1. The normalized spacial score (nSPS) is 17.2. The molecule has 2 nitrogen and oxygen atoms in total. The van der Waals surface area contributed by atoms with Crippen molar-refractivity contribution in [3.05, 3.63) is 70.7 Å². The maximum atomic E-state index is 5.51. The highest BCUT2D eigenvalue weighted by Gasteiger charge is 2.21. The quantitative estimate of drug-likeness (QED) is 0.633. The molecule has 1 unspecified atom stereocenters. The predicted octanol–water partition coefficient (Wildman–Crippen LogP) is 5.46. The highest BCUT2D eigenvalue weighted by Crippen LogP contribution is 2.29. The summed E-state index contributed by atoms with van der Waals surface area (Å²) in [4.78, 5) is 2.54. The van der Waals surface area contributed by atoms with Crippen molar-refractivity contribution >= 4 is 15.9 Å². The zero-order valence-electron chi connectivity index (χ0n) is 14.1. The lowest BCUT2D eigenvalue weighted by molar-refractivity contribution is 0.0166. The molecule has 1 aliphatic heterocycles. The molecule has 0 aromatic heterocycles. The van der Waals surface area contributed by atoms with Crippen LogP contribution in [0.15, 0.2) is 65.2 Å². The van der Waals surface area contributed by atoms with Crippen molar-refractivity contribution in [3.8, 4) is 11.1 Å².